The van der Waals surface area contributed by atoms with Crippen molar-refractivity contribution in [1.82, 2.24) is 14.7 Å². The lowest BCUT2D eigenvalue weighted by Crippen LogP contribution is -2.51. The average molecular weight is 660 g/mol. The number of fused-ring (bicyclic) bond motifs is 1. The molecule has 2 N–H and O–H groups in total. The first-order chi connectivity index (χ1) is 21.2. The Morgan fingerprint density at radius 1 is 0.841 bits per heavy atom. The number of benzene rings is 2. The lowest BCUT2D eigenvalue weighted by molar-refractivity contribution is -0.139. The van der Waals surface area contributed by atoms with Gasteiger partial charge in [0.2, 0.25) is 5.79 Å². The first-order valence-electron chi connectivity index (χ1n) is 14.8. The molecule has 2 saturated heterocycles. The summed E-state index contributed by atoms with van der Waals surface area (Å²) >= 11 is 13.7. The van der Waals surface area contributed by atoms with Crippen molar-refractivity contribution in [3.63, 3.8) is 0 Å². The highest BCUT2D eigenvalue weighted by atomic mass is 35.5. The third-order valence-corrected chi connectivity index (χ3v) is 10.1. The van der Waals surface area contributed by atoms with E-state index in [1.54, 1.807) is 29.2 Å². The molecule has 0 atom stereocenters. The van der Waals surface area contributed by atoms with Crippen molar-refractivity contribution in [3.8, 4) is 0 Å². The van der Waals surface area contributed by atoms with Crippen LogP contribution in [-0.2, 0) is 27.4 Å². The molecule has 9 nitrogen and oxygen atoms in total. The highest BCUT2D eigenvalue weighted by Crippen LogP contribution is 2.47. The van der Waals surface area contributed by atoms with E-state index in [2.05, 4.69) is 14.8 Å². The minimum Gasteiger partial charge on any atom is -0.379 e. The molecule has 2 aromatic carbocycles. The van der Waals surface area contributed by atoms with Crippen LogP contribution in [0.5, 0.6) is 0 Å². The van der Waals surface area contributed by atoms with E-state index < -0.39 is 16.4 Å². The predicted molar refractivity (Wildman–Crippen MR) is 173 cm³/mol. The van der Waals surface area contributed by atoms with Gasteiger partial charge in [-0.05, 0) is 35.4 Å². The van der Waals surface area contributed by atoms with E-state index in [1.165, 1.54) is 18.0 Å². The molecule has 4 aliphatic heterocycles. The first kappa shape index (κ1) is 31.7. The van der Waals surface area contributed by atoms with E-state index in [0.29, 0.717) is 54.6 Å². The molecule has 0 saturated carbocycles. The van der Waals surface area contributed by atoms with Gasteiger partial charge in [-0.15, -0.1) is 0 Å². The Hall–Kier alpha value is -2.25. The normalized spacial score (nSPS) is 21.7. The van der Waals surface area contributed by atoms with Crippen molar-refractivity contribution in [1.29, 1.82) is 0 Å². The summed E-state index contributed by atoms with van der Waals surface area (Å²) in [5, 5.41) is 25.2. The molecule has 0 bridgehead atoms. The second-order valence-electron chi connectivity index (χ2n) is 11.6. The Balaban J connectivity index is 1.29. The summed E-state index contributed by atoms with van der Waals surface area (Å²) in [4.78, 5) is 25.1. The number of halogens is 2. The number of carbonyl (C=O) groups is 1. The number of hydrogen-bond donors (Lipinski definition) is 2. The molecule has 0 spiro atoms. The second kappa shape index (κ2) is 13.6. The SMILES string of the molecule is O=C(C1=CN=C2SC(CN3CCOCC3)(CN3CCOCC3)C=C2C1(O)O)N(Cc1ccc(Cl)cc1)Cc1ccc(Cl)cc1. The number of amides is 1. The summed E-state index contributed by atoms with van der Waals surface area (Å²) in [6.07, 6.45) is 3.25. The molecule has 0 radical (unpaired) electrons. The Morgan fingerprint density at radius 3 is 1.80 bits per heavy atom. The Labute approximate surface area is 271 Å². The predicted octanol–water partition coefficient (Wildman–Crippen LogP) is 3.58. The fourth-order valence-electron chi connectivity index (χ4n) is 5.98. The molecule has 2 aromatic rings. The second-order valence-corrected chi connectivity index (χ2v) is 13.8. The van der Waals surface area contributed by atoms with E-state index in [-0.39, 0.29) is 24.2 Å². The number of ether oxygens (including phenoxy) is 2. The number of carbonyl (C=O) groups excluding carboxylic acids is 1. The fraction of sp³-hybridized carbons (Fsp3) is 0.438. The largest absolute Gasteiger partial charge is 0.379 e. The van der Waals surface area contributed by atoms with Crippen LogP contribution in [0.15, 0.2) is 76.9 Å². The van der Waals surface area contributed by atoms with Crippen LogP contribution in [-0.4, -0.2) is 112 Å². The first-order valence-corrected chi connectivity index (χ1v) is 16.3. The van der Waals surface area contributed by atoms with Gasteiger partial charge in [0.25, 0.3) is 5.91 Å². The quantitative estimate of drug-likeness (QED) is 0.395. The Morgan fingerprint density at radius 2 is 1.32 bits per heavy atom. The third-order valence-electron chi connectivity index (χ3n) is 8.28. The number of rotatable bonds is 9. The maximum atomic E-state index is 14.2. The van der Waals surface area contributed by atoms with E-state index in [9.17, 15) is 15.0 Å². The molecule has 4 heterocycles. The van der Waals surface area contributed by atoms with Crippen molar-refractivity contribution in [2.45, 2.75) is 23.6 Å². The molecule has 234 valence electrons. The maximum absolute atomic E-state index is 14.2. The summed E-state index contributed by atoms with van der Waals surface area (Å²) in [6.45, 7) is 7.71. The van der Waals surface area contributed by atoms with E-state index >= 15 is 0 Å². The van der Waals surface area contributed by atoms with E-state index in [0.717, 1.165) is 37.3 Å². The zero-order valence-corrected chi connectivity index (χ0v) is 26.7. The van der Waals surface area contributed by atoms with Gasteiger partial charge in [0.15, 0.2) is 0 Å². The minimum absolute atomic E-state index is 0.190. The van der Waals surface area contributed by atoms with Crippen LogP contribution < -0.4 is 0 Å². The summed E-state index contributed by atoms with van der Waals surface area (Å²) < 4.78 is 10.7. The van der Waals surface area contributed by atoms with Crippen LogP contribution in [0.1, 0.15) is 11.1 Å². The van der Waals surface area contributed by atoms with Gasteiger partial charge in [-0.2, -0.15) is 0 Å². The number of morpholine rings is 2. The van der Waals surface area contributed by atoms with Crippen LogP contribution in [0.4, 0.5) is 0 Å². The Kier molecular flexibility index (Phi) is 9.82. The summed E-state index contributed by atoms with van der Waals surface area (Å²) in [6, 6.07) is 14.5. The number of thioether (sulfide) groups is 1. The summed E-state index contributed by atoms with van der Waals surface area (Å²) in [5.41, 5.74) is 1.77. The molecular formula is C32H36Cl2N4O5S. The number of hydrogen-bond acceptors (Lipinski definition) is 9. The Bertz CT molecular complexity index is 1370. The highest BCUT2D eigenvalue weighted by molar-refractivity contribution is 8.16. The van der Waals surface area contributed by atoms with Gasteiger partial charge < -0.3 is 24.6 Å². The lowest BCUT2D eigenvalue weighted by atomic mass is 9.91. The molecule has 1 amide bonds. The summed E-state index contributed by atoms with van der Waals surface area (Å²) in [7, 11) is 0. The van der Waals surface area contributed by atoms with Crippen molar-refractivity contribution in [2.24, 2.45) is 4.99 Å². The fourth-order valence-corrected chi connectivity index (χ4v) is 7.71. The van der Waals surface area contributed by atoms with Crippen LogP contribution in [0.3, 0.4) is 0 Å². The molecule has 0 aliphatic carbocycles. The maximum Gasteiger partial charge on any atom is 0.257 e. The molecule has 6 rings (SSSR count). The van der Waals surface area contributed by atoms with Crippen molar-refractivity contribution in [2.75, 3.05) is 65.7 Å². The zero-order chi connectivity index (χ0) is 30.7. The average Bonchev–Trinajstić information content (AvgIpc) is 3.39. The van der Waals surface area contributed by atoms with E-state index in [1.807, 2.05) is 30.3 Å². The topological polar surface area (TPSA) is 98.1 Å². The van der Waals surface area contributed by atoms with Crippen LogP contribution in [0, 0.1) is 0 Å². The number of aliphatic hydroxyl groups is 2. The number of nitrogens with zero attached hydrogens (tertiary/aromatic N) is 4. The molecule has 12 heteroatoms. The van der Waals surface area contributed by atoms with Crippen LogP contribution in [0.2, 0.25) is 10.0 Å². The van der Waals surface area contributed by atoms with Crippen molar-refractivity contribution < 1.29 is 24.5 Å². The van der Waals surface area contributed by atoms with Gasteiger partial charge in [-0.1, -0.05) is 65.3 Å². The monoisotopic (exact) mass is 658 g/mol. The molecule has 4 aliphatic rings. The minimum atomic E-state index is -2.52. The van der Waals surface area contributed by atoms with Gasteiger partial charge in [0.1, 0.15) is 5.04 Å². The van der Waals surface area contributed by atoms with Gasteiger partial charge in [0.05, 0.1) is 36.7 Å². The van der Waals surface area contributed by atoms with Crippen molar-refractivity contribution >= 4 is 45.9 Å². The van der Waals surface area contributed by atoms with Gasteiger partial charge in [-0.25, -0.2) is 4.99 Å². The van der Waals surface area contributed by atoms with Crippen molar-refractivity contribution in [3.05, 3.63) is 93.1 Å². The van der Waals surface area contributed by atoms with Gasteiger partial charge >= 0.3 is 0 Å². The van der Waals surface area contributed by atoms with Gasteiger partial charge in [-0.3, -0.25) is 14.6 Å². The molecule has 0 aromatic heterocycles. The van der Waals surface area contributed by atoms with Gasteiger partial charge in [0, 0.05) is 74.2 Å². The summed E-state index contributed by atoms with van der Waals surface area (Å²) in [5.74, 6) is -3.04. The number of aliphatic imine (C=N–C) groups is 1. The highest BCUT2D eigenvalue weighted by Gasteiger charge is 2.51. The van der Waals surface area contributed by atoms with Crippen LogP contribution in [0.25, 0.3) is 0 Å². The molecule has 0 unspecified atom stereocenters. The zero-order valence-electron chi connectivity index (χ0n) is 24.3. The molecular weight excluding hydrogens is 623 g/mol. The lowest BCUT2D eigenvalue weighted by Gasteiger charge is -2.39. The molecule has 2 fully saturated rings. The van der Waals surface area contributed by atoms with Crippen LogP contribution >= 0.6 is 35.0 Å². The molecule has 44 heavy (non-hydrogen) atoms. The standard InChI is InChI=1S/C32H36Cl2N4O5S/c33-25-5-1-23(2-6-25)19-38(20-24-3-7-26(34)8-4-24)30(39)28-18-35-29-27(32(28,40)41)17-31(44-29,21-36-9-13-42-14-10-36)22-37-11-15-43-16-12-37/h1-8,17-18,40-41H,9-16,19-22H2. The smallest absolute Gasteiger partial charge is 0.257 e. The van der Waals surface area contributed by atoms with E-state index in [4.69, 9.17) is 32.7 Å². The third kappa shape index (κ3) is 7.25.